The number of nitrogens with one attached hydrogen (secondary N) is 1. The highest BCUT2D eigenvalue weighted by atomic mass is 35.5. The van der Waals surface area contributed by atoms with Gasteiger partial charge >= 0.3 is 0 Å². The van der Waals surface area contributed by atoms with Gasteiger partial charge in [0.25, 0.3) is 5.91 Å². The molecule has 1 N–H and O–H groups in total. The number of anilines is 1. The van der Waals surface area contributed by atoms with E-state index in [1.807, 2.05) is 0 Å². The van der Waals surface area contributed by atoms with Crippen molar-refractivity contribution in [2.45, 2.75) is 37.8 Å². The van der Waals surface area contributed by atoms with Crippen LogP contribution in [0.15, 0.2) is 48.5 Å². The fraction of sp³-hybridized carbons (Fsp3) is 0.292. The van der Waals surface area contributed by atoms with Crippen molar-refractivity contribution in [3.8, 4) is 5.75 Å². The molecule has 1 aromatic heterocycles. The number of aromatic nitrogens is 1. The molecule has 0 aliphatic heterocycles. The smallest absolute Gasteiger partial charge is 0.280 e. The lowest BCUT2D eigenvalue weighted by Crippen LogP contribution is -2.46. The van der Waals surface area contributed by atoms with Crippen LogP contribution in [0.3, 0.4) is 0 Å². The van der Waals surface area contributed by atoms with Crippen molar-refractivity contribution < 1.29 is 18.7 Å². The Kier molecular flexibility index (Phi) is 7.70. The molecule has 1 aliphatic carbocycles. The molecule has 1 atom stereocenters. The number of carbonyl (C=O) groups excluding carboxylic acids is 2. The van der Waals surface area contributed by atoms with E-state index in [0.29, 0.717) is 17.0 Å². The van der Waals surface area contributed by atoms with E-state index in [4.69, 9.17) is 27.9 Å². The van der Waals surface area contributed by atoms with Gasteiger partial charge in [0.1, 0.15) is 27.0 Å². The highest BCUT2D eigenvalue weighted by Crippen LogP contribution is 2.35. The fourth-order valence-electron chi connectivity index (χ4n) is 4.05. The van der Waals surface area contributed by atoms with Crippen molar-refractivity contribution in [1.29, 1.82) is 0 Å². The summed E-state index contributed by atoms with van der Waals surface area (Å²) in [5.74, 6) is -0.843. The summed E-state index contributed by atoms with van der Waals surface area (Å²) in [6.45, 7) is 0. The van der Waals surface area contributed by atoms with Crippen molar-refractivity contribution in [1.82, 2.24) is 9.69 Å². The molecule has 0 spiro atoms. The van der Waals surface area contributed by atoms with Gasteiger partial charge in [0.15, 0.2) is 5.69 Å². The molecular formula is C24H22Cl2FN3O3S. The molecule has 1 fully saturated rings. The Morgan fingerprint density at radius 3 is 2.32 bits per heavy atom. The lowest BCUT2D eigenvalue weighted by Gasteiger charge is -2.32. The quantitative estimate of drug-likeness (QED) is 0.411. The highest BCUT2D eigenvalue weighted by Gasteiger charge is 2.37. The topological polar surface area (TPSA) is 71.5 Å². The summed E-state index contributed by atoms with van der Waals surface area (Å²) in [5, 5.41) is 3.09. The Morgan fingerprint density at radius 2 is 1.76 bits per heavy atom. The summed E-state index contributed by atoms with van der Waals surface area (Å²) >= 11 is 13.2. The Morgan fingerprint density at radius 1 is 1.12 bits per heavy atom. The minimum atomic E-state index is -1.07. The molecule has 0 radical (unpaired) electrons. The van der Waals surface area contributed by atoms with E-state index in [1.165, 1.54) is 29.2 Å². The van der Waals surface area contributed by atoms with Gasteiger partial charge in [0, 0.05) is 11.7 Å². The van der Waals surface area contributed by atoms with Crippen molar-refractivity contribution in [2.75, 3.05) is 12.0 Å². The average molecular weight is 522 g/mol. The monoisotopic (exact) mass is 521 g/mol. The Bertz CT molecular complexity index is 1170. The van der Waals surface area contributed by atoms with Gasteiger partial charge in [-0.25, -0.2) is 4.39 Å². The number of carbonyl (C=O) groups is 2. The second-order valence-electron chi connectivity index (χ2n) is 7.94. The van der Waals surface area contributed by atoms with Gasteiger partial charge in [-0.3, -0.25) is 14.5 Å². The summed E-state index contributed by atoms with van der Waals surface area (Å²) < 4.78 is 23.3. The van der Waals surface area contributed by atoms with E-state index in [-0.39, 0.29) is 27.0 Å². The van der Waals surface area contributed by atoms with Crippen LogP contribution >= 0.6 is 34.7 Å². The normalized spacial score (nSPS) is 14.6. The van der Waals surface area contributed by atoms with E-state index >= 15 is 0 Å². The van der Waals surface area contributed by atoms with Crippen LogP contribution in [0.25, 0.3) is 0 Å². The van der Waals surface area contributed by atoms with Crippen LogP contribution in [0.1, 0.15) is 47.8 Å². The van der Waals surface area contributed by atoms with Crippen LogP contribution in [-0.4, -0.2) is 29.3 Å². The first kappa shape index (κ1) is 24.4. The van der Waals surface area contributed by atoms with Gasteiger partial charge in [-0.2, -0.15) is 4.37 Å². The minimum Gasteiger partial charge on any atom is -0.497 e. The first-order valence-electron chi connectivity index (χ1n) is 10.7. The van der Waals surface area contributed by atoms with Crippen LogP contribution in [0.2, 0.25) is 9.36 Å². The fourth-order valence-corrected chi connectivity index (χ4v) is 5.03. The first-order valence-corrected chi connectivity index (χ1v) is 12.3. The van der Waals surface area contributed by atoms with Crippen molar-refractivity contribution in [3.05, 3.63) is 75.0 Å². The SMILES string of the molecule is COc1ccc([C@@H](C(=O)NC2CCCC2)N(C(=O)c2nsc(Cl)c2Cl)c2ccc(F)cc2)cc1. The zero-order chi connectivity index (χ0) is 24.2. The van der Waals surface area contributed by atoms with Gasteiger partial charge < -0.3 is 10.1 Å². The lowest BCUT2D eigenvalue weighted by atomic mass is 10.0. The number of benzene rings is 2. The Balaban J connectivity index is 1.83. The number of hydrogen-bond acceptors (Lipinski definition) is 5. The molecule has 6 nitrogen and oxygen atoms in total. The predicted octanol–water partition coefficient (Wildman–Crippen LogP) is 6.04. The molecule has 0 bridgehead atoms. The number of rotatable bonds is 7. The Hall–Kier alpha value is -2.68. The van der Waals surface area contributed by atoms with E-state index < -0.39 is 17.8 Å². The second kappa shape index (κ2) is 10.7. The van der Waals surface area contributed by atoms with Crippen molar-refractivity contribution in [3.63, 3.8) is 0 Å². The van der Waals surface area contributed by atoms with E-state index in [2.05, 4.69) is 9.69 Å². The molecular weight excluding hydrogens is 500 g/mol. The van der Waals surface area contributed by atoms with Gasteiger partial charge in [-0.05, 0) is 66.3 Å². The standard InChI is InChI=1S/C24H22Cl2FN3O3S/c1-33-18-12-6-14(7-13-18)21(23(31)28-16-4-2-3-5-16)30(17-10-8-15(27)9-11-17)24(32)20-19(25)22(26)34-29-20/h6-13,16,21H,2-5H2,1H3,(H,28,31)/t21-/m0/s1. The average Bonchev–Trinajstić information content (AvgIpc) is 3.47. The third-order valence-electron chi connectivity index (χ3n) is 5.76. The van der Waals surface area contributed by atoms with Crippen LogP contribution in [0.4, 0.5) is 10.1 Å². The molecule has 2 amide bonds. The van der Waals surface area contributed by atoms with Crippen LogP contribution < -0.4 is 15.0 Å². The van der Waals surface area contributed by atoms with Gasteiger partial charge in [0.05, 0.1) is 7.11 Å². The molecule has 2 aromatic carbocycles. The second-order valence-corrected chi connectivity index (χ2v) is 9.69. The summed E-state index contributed by atoms with van der Waals surface area (Å²) in [6.07, 6.45) is 3.82. The third-order valence-corrected chi connectivity index (χ3v) is 7.37. The summed E-state index contributed by atoms with van der Waals surface area (Å²) in [6, 6.07) is 11.2. The number of nitrogens with zero attached hydrogens (tertiary/aromatic N) is 2. The maximum Gasteiger partial charge on any atom is 0.280 e. The summed E-state index contributed by atoms with van der Waals surface area (Å²) in [7, 11) is 1.54. The molecule has 1 heterocycles. The van der Waals surface area contributed by atoms with Crippen molar-refractivity contribution >= 4 is 52.2 Å². The first-order chi connectivity index (χ1) is 16.4. The van der Waals surface area contributed by atoms with Gasteiger partial charge in [-0.15, -0.1) is 0 Å². The third kappa shape index (κ3) is 5.19. The summed E-state index contributed by atoms with van der Waals surface area (Å²) in [4.78, 5) is 28.7. The van der Waals surface area contributed by atoms with Crippen LogP contribution in [-0.2, 0) is 4.79 Å². The highest BCUT2D eigenvalue weighted by molar-refractivity contribution is 7.11. The number of halogens is 3. The van der Waals surface area contributed by atoms with Gasteiger partial charge in [-0.1, -0.05) is 48.2 Å². The van der Waals surface area contributed by atoms with Crippen LogP contribution in [0, 0.1) is 5.82 Å². The number of hydrogen-bond donors (Lipinski definition) is 1. The molecule has 0 unspecified atom stereocenters. The van der Waals surface area contributed by atoms with Crippen LogP contribution in [0.5, 0.6) is 5.75 Å². The molecule has 1 saturated carbocycles. The molecule has 4 rings (SSSR count). The van der Waals surface area contributed by atoms with Crippen molar-refractivity contribution in [2.24, 2.45) is 0 Å². The minimum absolute atomic E-state index is 0.00783. The van der Waals surface area contributed by atoms with Gasteiger partial charge in [0.2, 0.25) is 5.91 Å². The Labute approximate surface area is 210 Å². The molecule has 178 valence electrons. The molecule has 34 heavy (non-hydrogen) atoms. The lowest BCUT2D eigenvalue weighted by molar-refractivity contribution is -0.123. The molecule has 1 aliphatic rings. The number of ether oxygens (including phenoxy) is 1. The molecule has 3 aromatic rings. The molecule has 0 saturated heterocycles. The maximum absolute atomic E-state index is 13.8. The van der Waals surface area contributed by atoms with E-state index in [0.717, 1.165) is 37.2 Å². The largest absolute Gasteiger partial charge is 0.497 e. The van der Waals surface area contributed by atoms with E-state index in [9.17, 15) is 14.0 Å². The molecule has 10 heteroatoms. The predicted molar refractivity (Wildman–Crippen MR) is 131 cm³/mol. The summed E-state index contributed by atoms with van der Waals surface area (Å²) in [5.41, 5.74) is 0.786. The number of amides is 2. The van der Waals surface area contributed by atoms with E-state index in [1.54, 1.807) is 31.4 Å². The maximum atomic E-state index is 13.8. The zero-order valence-electron chi connectivity index (χ0n) is 18.3. The number of methoxy groups -OCH3 is 1. The zero-order valence-corrected chi connectivity index (χ0v) is 20.6.